The Morgan fingerprint density at radius 2 is 1.88 bits per heavy atom. The summed E-state index contributed by atoms with van der Waals surface area (Å²) in [5.74, 6) is 1.08. The van der Waals surface area contributed by atoms with Crippen molar-refractivity contribution in [3.8, 4) is 0 Å². The molecule has 5 heteroatoms. The third kappa shape index (κ3) is 2.66. The second kappa shape index (κ2) is 5.61. The third-order valence-corrected chi connectivity index (χ3v) is 4.75. The van der Waals surface area contributed by atoms with Gasteiger partial charge in [0.1, 0.15) is 5.15 Å². The highest BCUT2D eigenvalue weighted by Gasteiger charge is 2.29. The zero-order valence-electron chi connectivity index (χ0n) is 9.86. The van der Waals surface area contributed by atoms with Crippen LogP contribution in [0.5, 0.6) is 0 Å². The molecule has 0 saturated carbocycles. The molecular formula is C11H17Cl3N2. The Balaban J connectivity index is 3.02. The minimum absolute atomic E-state index is 0.0828. The molecule has 0 radical (unpaired) electrons. The highest BCUT2D eigenvalue weighted by molar-refractivity contribution is 6.30. The van der Waals surface area contributed by atoms with Crippen LogP contribution in [-0.4, -0.2) is 21.5 Å². The fraction of sp³-hybridized carbons (Fsp3) is 0.727. The van der Waals surface area contributed by atoms with Crippen molar-refractivity contribution >= 4 is 34.8 Å². The molecule has 0 aliphatic heterocycles. The van der Waals surface area contributed by atoms with Crippen LogP contribution in [-0.2, 0) is 13.5 Å². The van der Waals surface area contributed by atoms with Crippen LogP contribution in [0, 0.1) is 12.3 Å². The van der Waals surface area contributed by atoms with E-state index in [9.17, 15) is 0 Å². The van der Waals surface area contributed by atoms with Gasteiger partial charge in [-0.05, 0) is 19.8 Å². The molecule has 0 bridgehead atoms. The maximum absolute atomic E-state index is 6.21. The SMILES string of the molecule is CCC(CCl)(CCl)Cc1c(C)nn(C)c1Cl. The number of rotatable bonds is 5. The monoisotopic (exact) mass is 282 g/mol. The van der Waals surface area contributed by atoms with Crippen LogP contribution in [0.2, 0.25) is 5.15 Å². The third-order valence-electron chi connectivity index (χ3n) is 3.14. The zero-order valence-corrected chi connectivity index (χ0v) is 12.1. The van der Waals surface area contributed by atoms with Crippen molar-refractivity contribution in [1.29, 1.82) is 0 Å². The molecule has 1 aromatic rings. The van der Waals surface area contributed by atoms with Gasteiger partial charge >= 0.3 is 0 Å². The number of aryl methyl sites for hydroxylation is 2. The predicted molar refractivity (Wildman–Crippen MR) is 70.8 cm³/mol. The average Bonchev–Trinajstić information content (AvgIpc) is 2.52. The van der Waals surface area contributed by atoms with E-state index < -0.39 is 0 Å². The van der Waals surface area contributed by atoms with E-state index in [-0.39, 0.29) is 5.41 Å². The van der Waals surface area contributed by atoms with Gasteiger partial charge in [0.15, 0.2) is 0 Å². The van der Waals surface area contributed by atoms with Crippen molar-refractivity contribution in [3.05, 3.63) is 16.4 Å². The van der Waals surface area contributed by atoms with E-state index in [1.54, 1.807) is 4.68 Å². The smallest absolute Gasteiger partial charge is 0.130 e. The Bertz CT molecular complexity index is 348. The molecule has 1 heterocycles. The number of aromatic nitrogens is 2. The fourth-order valence-corrected chi connectivity index (χ4v) is 2.79. The molecule has 92 valence electrons. The van der Waals surface area contributed by atoms with Gasteiger partial charge in [-0.1, -0.05) is 18.5 Å². The molecule has 1 aromatic heterocycles. The number of nitrogens with zero attached hydrogens (tertiary/aromatic N) is 2. The summed E-state index contributed by atoms with van der Waals surface area (Å²) in [5.41, 5.74) is 1.94. The van der Waals surface area contributed by atoms with Gasteiger partial charge in [0, 0.05) is 29.8 Å². The van der Waals surface area contributed by atoms with E-state index in [0.29, 0.717) is 16.9 Å². The number of alkyl halides is 2. The number of halogens is 3. The topological polar surface area (TPSA) is 17.8 Å². The lowest BCUT2D eigenvalue weighted by molar-refractivity contribution is 0.361. The first-order valence-corrected chi connectivity index (χ1v) is 6.74. The lowest BCUT2D eigenvalue weighted by Gasteiger charge is -2.28. The highest BCUT2D eigenvalue weighted by Crippen LogP contribution is 2.33. The lowest BCUT2D eigenvalue weighted by Crippen LogP contribution is -2.27. The van der Waals surface area contributed by atoms with E-state index in [2.05, 4.69) is 12.0 Å². The average molecular weight is 284 g/mol. The van der Waals surface area contributed by atoms with E-state index >= 15 is 0 Å². The van der Waals surface area contributed by atoms with Crippen LogP contribution in [0.3, 0.4) is 0 Å². The van der Waals surface area contributed by atoms with E-state index in [0.717, 1.165) is 24.1 Å². The molecule has 2 nitrogen and oxygen atoms in total. The minimum atomic E-state index is -0.0828. The van der Waals surface area contributed by atoms with Gasteiger partial charge in [0.2, 0.25) is 0 Å². The minimum Gasteiger partial charge on any atom is -0.257 e. The summed E-state index contributed by atoms with van der Waals surface area (Å²) in [6, 6.07) is 0. The molecule has 0 saturated heterocycles. The van der Waals surface area contributed by atoms with Crippen LogP contribution in [0.4, 0.5) is 0 Å². The summed E-state index contributed by atoms with van der Waals surface area (Å²) in [6.07, 6.45) is 1.72. The molecule has 0 atom stereocenters. The van der Waals surface area contributed by atoms with Crippen molar-refractivity contribution in [2.45, 2.75) is 26.7 Å². The van der Waals surface area contributed by atoms with Crippen LogP contribution in [0.15, 0.2) is 0 Å². The highest BCUT2D eigenvalue weighted by atomic mass is 35.5. The first-order valence-electron chi connectivity index (χ1n) is 5.29. The quantitative estimate of drug-likeness (QED) is 0.752. The van der Waals surface area contributed by atoms with Gasteiger partial charge in [0.25, 0.3) is 0 Å². The zero-order chi connectivity index (χ0) is 12.3. The van der Waals surface area contributed by atoms with Gasteiger partial charge < -0.3 is 0 Å². The number of hydrogen-bond acceptors (Lipinski definition) is 1. The fourth-order valence-electron chi connectivity index (χ4n) is 1.69. The Kier molecular flexibility index (Phi) is 4.96. The first-order chi connectivity index (χ1) is 7.49. The summed E-state index contributed by atoms with van der Waals surface area (Å²) in [7, 11) is 1.84. The normalized spacial score (nSPS) is 12.1. The molecule has 0 spiro atoms. The largest absolute Gasteiger partial charge is 0.257 e. The standard InChI is InChI=1S/C11H17Cl3N2/c1-4-11(6-12,7-13)5-9-8(2)15-16(3)10(9)14/h4-7H2,1-3H3. The Morgan fingerprint density at radius 1 is 1.31 bits per heavy atom. The second-order valence-corrected chi connectivity index (χ2v) is 5.17. The second-order valence-electron chi connectivity index (χ2n) is 4.28. The van der Waals surface area contributed by atoms with E-state index in [1.165, 1.54) is 0 Å². The van der Waals surface area contributed by atoms with Crippen LogP contribution < -0.4 is 0 Å². The lowest BCUT2D eigenvalue weighted by atomic mass is 9.83. The summed E-state index contributed by atoms with van der Waals surface area (Å²) < 4.78 is 1.69. The van der Waals surface area contributed by atoms with Gasteiger partial charge in [-0.25, -0.2) is 0 Å². The van der Waals surface area contributed by atoms with E-state index in [1.807, 2.05) is 14.0 Å². The summed E-state index contributed by atoms with van der Waals surface area (Å²) >= 11 is 18.3. The van der Waals surface area contributed by atoms with Crippen LogP contribution in [0.25, 0.3) is 0 Å². The summed E-state index contributed by atoms with van der Waals surface area (Å²) in [6.45, 7) is 4.06. The first kappa shape index (κ1) is 14.1. The Labute approximate surface area is 112 Å². The molecule has 0 aromatic carbocycles. The van der Waals surface area contributed by atoms with Gasteiger partial charge in [-0.2, -0.15) is 5.10 Å². The molecule has 0 amide bonds. The molecule has 1 rings (SSSR count). The van der Waals surface area contributed by atoms with Gasteiger partial charge in [0.05, 0.1) is 5.69 Å². The summed E-state index contributed by atoms with van der Waals surface area (Å²) in [4.78, 5) is 0. The van der Waals surface area contributed by atoms with Crippen molar-refractivity contribution in [1.82, 2.24) is 9.78 Å². The van der Waals surface area contributed by atoms with Crippen LogP contribution in [0.1, 0.15) is 24.6 Å². The van der Waals surface area contributed by atoms with Crippen molar-refractivity contribution < 1.29 is 0 Å². The molecule has 0 aliphatic rings. The molecule has 0 fully saturated rings. The molecule has 16 heavy (non-hydrogen) atoms. The summed E-state index contributed by atoms with van der Waals surface area (Å²) in [5, 5.41) is 4.98. The van der Waals surface area contributed by atoms with E-state index in [4.69, 9.17) is 34.8 Å². The maximum atomic E-state index is 6.21. The molecular weight excluding hydrogens is 266 g/mol. The molecule has 0 aliphatic carbocycles. The Morgan fingerprint density at radius 3 is 2.19 bits per heavy atom. The van der Waals surface area contributed by atoms with Gasteiger partial charge in [-0.15, -0.1) is 23.2 Å². The molecule has 0 N–H and O–H groups in total. The van der Waals surface area contributed by atoms with Crippen molar-refractivity contribution in [2.75, 3.05) is 11.8 Å². The molecule has 0 unspecified atom stereocenters. The van der Waals surface area contributed by atoms with Crippen molar-refractivity contribution in [2.24, 2.45) is 12.5 Å². The maximum Gasteiger partial charge on any atom is 0.130 e. The van der Waals surface area contributed by atoms with Crippen molar-refractivity contribution in [3.63, 3.8) is 0 Å². The van der Waals surface area contributed by atoms with Crippen LogP contribution >= 0.6 is 34.8 Å². The Hall–Kier alpha value is 0.0800. The van der Waals surface area contributed by atoms with Gasteiger partial charge in [-0.3, -0.25) is 4.68 Å². The number of hydrogen-bond donors (Lipinski definition) is 0. The predicted octanol–water partition coefficient (Wildman–Crippen LogP) is 3.80.